The maximum atomic E-state index is 10.8. The van der Waals surface area contributed by atoms with E-state index in [1.54, 1.807) is 0 Å². The third-order valence-electron chi connectivity index (χ3n) is 7.04. The van der Waals surface area contributed by atoms with E-state index in [4.69, 9.17) is 90.7 Å². The maximum Gasteiger partial charge on any atom is 0.310 e. The zero-order chi connectivity index (χ0) is 38.9. The van der Waals surface area contributed by atoms with Crippen LogP contribution in [0.3, 0.4) is 0 Å². The lowest BCUT2D eigenvalue weighted by Gasteiger charge is -2.35. The summed E-state index contributed by atoms with van der Waals surface area (Å²) >= 11 is 0. The largest absolute Gasteiger partial charge is 0.433 e. The van der Waals surface area contributed by atoms with Crippen LogP contribution in [-0.4, -0.2) is 183 Å². The Balaban J connectivity index is 0.000000206. The van der Waals surface area contributed by atoms with Gasteiger partial charge in [-0.3, -0.25) is 14.4 Å². The van der Waals surface area contributed by atoms with Crippen molar-refractivity contribution in [2.24, 2.45) is 0 Å². The Morgan fingerprint density at radius 2 is 0.667 bits per heavy atom. The molecule has 0 amide bonds. The van der Waals surface area contributed by atoms with Gasteiger partial charge in [-0.1, -0.05) is 0 Å². The van der Waals surface area contributed by atoms with Crippen LogP contribution in [0.5, 0.6) is 0 Å². The van der Waals surface area contributed by atoms with Gasteiger partial charge in [0.15, 0.2) is 62.9 Å². The summed E-state index contributed by atoms with van der Waals surface area (Å²) in [5, 5.41) is 18.3. The predicted octanol–water partition coefficient (Wildman–Crippen LogP) is -2.06. The van der Waals surface area contributed by atoms with Gasteiger partial charge in [0.05, 0.1) is 19.3 Å². The van der Waals surface area contributed by atoms with Gasteiger partial charge in [0.1, 0.15) is 66.1 Å². The number of aliphatic hydroxyl groups excluding tert-OH is 2. The van der Waals surface area contributed by atoms with Gasteiger partial charge in [-0.05, 0) is 6.92 Å². The summed E-state index contributed by atoms with van der Waals surface area (Å²) in [6.07, 6.45) is -7.11. The van der Waals surface area contributed by atoms with Crippen molar-refractivity contribution in [3.8, 4) is 0 Å². The second kappa shape index (κ2) is 23.8. The monoisotopic (exact) mass is 790 g/mol. The number of ether oxygens (including phenoxy) is 18. The average Bonchev–Trinajstić information content (AvgIpc) is 3.13. The molecule has 0 spiro atoms. The Kier molecular flexibility index (Phi) is 19.7. The van der Waals surface area contributed by atoms with E-state index >= 15 is 0 Å². The molecular formula is C31H50O23. The van der Waals surface area contributed by atoms with E-state index in [1.807, 2.05) is 6.92 Å². The fourth-order valence-corrected chi connectivity index (χ4v) is 4.70. The van der Waals surface area contributed by atoms with Gasteiger partial charge >= 0.3 is 17.9 Å². The van der Waals surface area contributed by atoms with Crippen LogP contribution >= 0.6 is 0 Å². The lowest BCUT2D eigenvalue weighted by atomic mass is 10.4. The normalized spacial score (nSPS) is 37.3. The summed E-state index contributed by atoms with van der Waals surface area (Å²) in [6, 6.07) is 0. The summed E-state index contributed by atoms with van der Waals surface area (Å²) in [5.41, 5.74) is 0. The summed E-state index contributed by atoms with van der Waals surface area (Å²) in [7, 11) is 0. The molecule has 54 heavy (non-hydrogen) atoms. The molecule has 23 nitrogen and oxygen atoms in total. The maximum absolute atomic E-state index is 10.8. The van der Waals surface area contributed by atoms with Crippen molar-refractivity contribution in [2.45, 2.75) is 103 Å². The molecular weight excluding hydrogens is 740 g/mol. The first kappa shape index (κ1) is 44.6. The topological polar surface area (TPSA) is 258 Å². The standard InChI is InChI=1S/C15H24O10.C12H20O10.C4H6O3/c1-9-3-18-12(4-17-9)24-14-7-22-15(8-21-14)25-13-6-19-11(5-20-13)23-10(2)16;13-7-1-17-9(3-15-7)21-11-5-20-12(6-19-11)22-10-4-16-8(14)2-18-10;1-3(5)7-4(2)6/h9,11-15H,3-8H2,1-2H3;7-14H,1-6H2;1-2H3. The molecule has 6 rings (SSSR count). The van der Waals surface area contributed by atoms with Crippen molar-refractivity contribution in [3.05, 3.63) is 0 Å². The summed E-state index contributed by atoms with van der Waals surface area (Å²) in [5.74, 6) is -1.55. The first-order valence-electron chi connectivity index (χ1n) is 17.1. The number of hydrogen-bond donors (Lipinski definition) is 2. The molecule has 6 fully saturated rings. The Hall–Kier alpha value is -2.11. The van der Waals surface area contributed by atoms with E-state index in [-0.39, 0.29) is 72.2 Å². The van der Waals surface area contributed by atoms with Crippen LogP contribution in [0, 0.1) is 0 Å². The smallest absolute Gasteiger partial charge is 0.310 e. The van der Waals surface area contributed by atoms with Crippen LogP contribution in [0.1, 0.15) is 27.7 Å². The molecule has 12 unspecified atom stereocenters. The van der Waals surface area contributed by atoms with Crippen molar-refractivity contribution in [3.63, 3.8) is 0 Å². The summed E-state index contributed by atoms with van der Waals surface area (Å²) < 4.78 is 95.2. The second-order valence-corrected chi connectivity index (χ2v) is 11.8. The lowest BCUT2D eigenvalue weighted by Crippen LogP contribution is -2.47. The molecule has 6 saturated heterocycles. The van der Waals surface area contributed by atoms with Gasteiger partial charge in [-0.2, -0.15) is 0 Å². The minimum absolute atomic E-state index is 0.0504. The highest BCUT2D eigenvalue weighted by Crippen LogP contribution is 2.20. The minimum Gasteiger partial charge on any atom is -0.433 e. The molecule has 312 valence electrons. The quantitative estimate of drug-likeness (QED) is 0.188. The average molecular weight is 791 g/mol. The number of esters is 3. The predicted molar refractivity (Wildman–Crippen MR) is 166 cm³/mol. The van der Waals surface area contributed by atoms with E-state index in [2.05, 4.69) is 4.74 Å². The molecule has 0 bridgehead atoms. The number of hydrogen-bond acceptors (Lipinski definition) is 23. The zero-order valence-corrected chi connectivity index (χ0v) is 30.4. The molecule has 0 aliphatic carbocycles. The second-order valence-electron chi connectivity index (χ2n) is 11.8. The fourth-order valence-electron chi connectivity index (χ4n) is 4.70. The molecule has 0 aromatic heterocycles. The SMILES string of the molecule is CC(=O)OC(C)=O.CC(=O)OC1COC(OC2COC(OC3COC(C)CO3)CO2)CO1.OC1COC(OC2COC(OC3COC(O)CO3)CO2)CO1. The molecule has 6 aliphatic heterocycles. The van der Waals surface area contributed by atoms with Crippen LogP contribution in [0.2, 0.25) is 0 Å². The first-order chi connectivity index (χ1) is 25.9. The van der Waals surface area contributed by atoms with E-state index in [0.717, 1.165) is 0 Å². The van der Waals surface area contributed by atoms with Crippen LogP contribution in [0.4, 0.5) is 0 Å². The highest BCUT2D eigenvalue weighted by atomic mass is 16.9. The van der Waals surface area contributed by atoms with Gasteiger partial charge in [0, 0.05) is 20.8 Å². The number of rotatable bonds is 9. The van der Waals surface area contributed by atoms with Gasteiger partial charge in [0.2, 0.25) is 6.29 Å². The lowest BCUT2D eigenvalue weighted by molar-refractivity contribution is -0.374. The van der Waals surface area contributed by atoms with Gasteiger partial charge < -0.3 is 95.5 Å². The number of carbonyl (C=O) groups is 3. The van der Waals surface area contributed by atoms with Crippen LogP contribution < -0.4 is 0 Å². The fraction of sp³-hybridized carbons (Fsp3) is 0.903. The Bertz CT molecular complexity index is 1020. The number of carbonyl (C=O) groups excluding carboxylic acids is 3. The van der Waals surface area contributed by atoms with Gasteiger partial charge in [-0.25, -0.2) is 0 Å². The van der Waals surface area contributed by atoms with Crippen molar-refractivity contribution < 1.29 is 110 Å². The van der Waals surface area contributed by atoms with E-state index in [1.165, 1.54) is 20.8 Å². The van der Waals surface area contributed by atoms with Crippen molar-refractivity contribution >= 4 is 17.9 Å². The number of aliphatic hydroxyl groups is 2. The first-order valence-corrected chi connectivity index (χ1v) is 17.1. The Morgan fingerprint density at radius 3 is 0.889 bits per heavy atom. The van der Waals surface area contributed by atoms with Gasteiger partial charge in [-0.15, -0.1) is 0 Å². The summed E-state index contributed by atoms with van der Waals surface area (Å²) in [6.45, 7) is 7.71. The Labute approximate surface area is 310 Å². The third kappa shape index (κ3) is 17.8. The van der Waals surface area contributed by atoms with Gasteiger partial charge in [0.25, 0.3) is 0 Å². The zero-order valence-electron chi connectivity index (χ0n) is 30.4. The highest BCUT2D eigenvalue weighted by Gasteiger charge is 2.34. The van der Waals surface area contributed by atoms with Crippen molar-refractivity contribution in [2.75, 3.05) is 79.3 Å². The van der Waals surface area contributed by atoms with E-state index in [9.17, 15) is 14.4 Å². The highest BCUT2D eigenvalue weighted by molar-refractivity contribution is 5.82. The third-order valence-corrected chi connectivity index (χ3v) is 7.04. The van der Waals surface area contributed by atoms with E-state index in [0.29, 0.717) is 13.2 Å². The molecule has 2 N–H and O–H groups in total. The molecule has 23 heteroatoms. The molecule has 0 aromatic rings. The van der Waals surface area contributed by atoms with Crippen LogP contribution in [0.25, 0.3) is 0 Å². The molecule has 12 atom stereocenters. The van der Waals surface area contributed by atoms with Crippen molar-refractivity contribution in [1.82, 2.24) is 0 Å². The Morgan fingerprint density at radius 1 is 0.389 bits per heavy atom. The molecule has 6 heterocycles. The van der Waals surface area contributed by atoms with Crippen molar-refractivity contribution in [1.29, 1.82) is 0 Å². The van der Waals surface area contributed by atoms with Crippen LogP contribution in [0.15, 0.2) is 0 Å². The molecule has 0 aromatic carbocycles. The minimum atomic E-state index is -0.919. The molecule has 6 aliphatic rings. The van der Waals surface area contributed by atoms with Crippen LogP contribution in [-0.2, 0) is 99.6 Å². The summed E-state index contributed by atoms with van der Waals surface area (Å²) in [4.78, 5) is 30.5. The molecule has 0 radical (unpaired) electrons. The van der Waals surface area contributed by atoms with E-state index < -0.39 is 87.1 Å². The molecule has 0 saturated carbocycles.